The highest BCUT2D eigenvalue weighted by atomic mass is 32.2. The summed E-state index contributed by atoms with van der Waals surface area (Å²) in [7, 11) is 0. The smallest absolute Gasteiger partial charge is 0.234 e. The summed E-state index contributed by atoms with van der Waals surface area (Å²) in [5, 5.41) is 8.56. The van der Waals surface area contributed by atoms with Crippen molar-refractivity contribution < 1.29 is 9.18 Å². The van der Waals surface area contributed by atoms with Crippen LogP contribution in [0.15, 0.2) is 60.0 Å². The number of carbonyl (C=O) groups is 1. The monoisotopic (exact) mass is 414 g/mol. The molecule has 0 unspecified atom stereocenters. The molecule has 1 saturated heterocycles. The number of aryl methyl sites for hydroxylation is 1. The van der Waals surface area contributed by atoms with Crippen LogP contribution in [0, 0.1) is 12.7 Å². The van der Waals surface area contributed by atoms with E-state index in [4.69, 9.17) is 0 Å². The van der Waals surface area contributed by atoms with Crippen molar-refractivity contribution in [3.8, 4) is 5.69 Å². The standard InChI is InChI=1S/C20H19FN4OS2/c1-14-6-2-5-9-17(14)25-13-22-23-20(25)28-12-18(26)24-10-11-27-19(24)15-7-3-4-8-16(15)21/h2-9,13,19H,10-12H2,1H3/t19-/m1/s1. The second kappa shape index (κ2) is 8.36. The van der Waals surface area contributed by atoms with E-state index >= 15 is 0 Å². The van der Waals surface area contributed by atoms with Gasteiger partial charge in [-0.2, -0.15) is 0 Å². The number of para-hydroxylation sites is 1. The molecule has 0 N–H and O–H groups in total. The number of amides is 1. The van der Waals surface area contributed by atoms with Crippen molar-refractivity contribution >= 4 is 29.4 Å². The van der Waals surface area contributed by atoms with Gasteiger partial charge in [0.05, 0.1) is 11.4 Å². The van der Waals surface area contributed by atoms with Gasteiger partial charge in [0.25, 0.3) is 0 Å². The Morgan fingerprint density at radius 2 is 2.04 bits per heavy atom. The molecule has 0 radical (unpaired) electrons. The van der Waals surface area contributed by atoms with E-state index in [1.807, 2.05) is 35.8 Å². The van der Waals surface area contributed by atoms with Gasteiger partial charge in [-0.05, 0) is 24.6 Å². The Labute approximate surface area is 171 Å². The largest absolute Gasteiger partial charge is 0.325 e. The van der Waals surface area contributed by atoms with Crippen LogP contribution in [-0.2, 0) is 4.79 Å². The Morgan fingerprint density at radius 3 is 2.86 bits per heavy atom. The van der Waals surface area contributed by atoms with E-state index < -0.39 is 0 Å². The molecule has 144 valence electrons. The van der Waals surface area contributed by atoms with Gasteiger partial charge in [-0.25, -0.2) is 4.39 Å². The maximum absolute atomic E-state index is 14.2. The van der Waals surface area contributed by atoms with Crippen molar-refractivity contribution in [2.24, 2.45) is 0 Å². The third kappa shape index (κ3) is 3.79. The number of carbonyl (C=O) groups excluding carboxylic acids is 1. The molecule has 0 spiro atoms. The molecule has 2 aromatic carbocycles. The van der Waals surface area contributed by atoms with Crippen LogP contribution in [0.25, 0.3) is 5.69 Å². The summed E-state index contributed by atoms with van der Waals surface area (Å²) in [6.45, 7) is 2.64. The van der Waals surface area contributed by atoms with E-state index in [1.165, 1.54) is 17.8 Å². The zero-order valence-corrected chi connectivity index (χ0v) is 16.9. The second-order valence-electron chi connectivity index (χ2n) is 6.39. The fraction of sp³-hybridized carbons (Fsp3) is 0.250. The predicted octanol–water partition coefficient (Wildman–Crippen LogP) is 4.08. The van der Waals surface area contributed by atoms with Gasteiger partial charge in [-0.3, -0.25) is 9.36 Å². The summed E-state index contributed by atoms with van der Waals surface area (Å²) < 4.78 is 16.1. The Morgan fingerprint density at radius 1 is 1.25 bits per heavy atom. The van der Waals surface area contributed by atoms with Crippen LogP contribution in [-0.4, -0.2) is 43.6 Å². The molecule has 28 heavy (non-hydrogen) atoms. The zero-order valence-electron chi connectivity index (χ0n) is 15.3. The average molecular weight is 415 g/mol. The summed E-state index contributed by atoms with van der Waals surface area (Å²) in [6, 6.07) is 14.6. The van der Waals surface area contributed by atoms with Crippen LogP contribution >= 0.6 is 23.5 Å². The van der Waals surface area contributed by atoms with E-state index in [-0.39, 0.29) is 22.9 Å². The van der Waals surface area contributed by atoms with Crippen molar-refractivity contribution in [1.29, 1.82) is 0 Å². The fourth-order valence-electron chi connectivity index (χ4n) is 3.19. The third-order valence-corrected chi connectivity index (χ3v) is 6.77. The Hall–Kier alpha value is -2.32. The van der Waals surface area contributed by atoms with Crippen LogP contribution in [0.3, 0.4) is 0 Å². The second-order valence-corrected chi connectivity index (χ2v) is 8.52. The van der Waals surface area contributed by atoms with Gasteiger partial charge in [0.2, 0.25) is 5.91 Å². The van der Waals surface area contributed by atoms with E-state index in [1.54, 1.807) is 41.2 Å². The summed E-state index contributed by atoms with van der Waals surface area (Å²) in [5.41, 5.74) is 2.65. The van der Waals surface area contributed by atoms with Crippen molar-refractivity contribution in [2.75, 3.05) is 18.1 Å². The van der Waals surface area contributed by atoms with Crippen LogP contribution in [0.4, 0.5) is 4.39 Å². The predicted molar refractivity (Wildman–Crippen MR) is 110 cm³/mol. The van der Waals surface area contributed by atoms with E-state index in [0.29, 0.717) is 17.3 Å². The third-order valence-electron chi connectivity index (χ3n) is 4.60. The minimum absolute atomic E-state index is 0.0254. The number of thioether (sulfide) groups is 2. The van der Waals surface area contributed by atoms with Crippen LogP contribution in [0.2, 0.25) is 0 Å². The van der Waals surface area contributed by atoms with Crippen molar-refractivity contribution in [1.82, 2.24) is 19.7 Å². The lowest BCUT2D eigenvalue weighted by atomic mass is 10.2. The lowest BCUT2D eigenvalue weighted by Crippen LogP contribution is -2.32. The van der Waals surface area contributed by atoms with Crippen LogP contribution in [0.1, 0.15) is 16.5 Å². The normalized spacial score (nSPS) is 16.5. The zero-order chi connectivity index (χ0) is 19.5. The molecule has 0 saturated carbocycles. The van der Waals surface area contributed by atoms with Gasteiger partial charge in [0.15, 0.2) is 5.16 Å². The number of aromatic nitrogens is 3. The lowest BCUT2D eigenvalue weighted by molar-refractivity contribution is -0.128. The van der Waals surface area contributed by atoms with Crippen molar-refractivity contribution in [3.63, 3.8) is 0 Å². The van der Waals surface area contributed by atoms with E-state index in [9.17, 15) is 9.18 Å². The van der Waals surface area contributed by atoms with Crippen molar-refractivity contribution in [2.45, 2.75) is 17.5 Å². The lowest BCUT2D eigenvalue weighted by Gasteiger charge is -2.24. The van der Waals surface area contributed by atoms with Gasteiger partial charge < -0.3 is 4.90 Å². The number of hydrogen-bond acceptors (Lipinski definition) is 5. The molecule has 1 aromatic heterocycles. The molecule has 3 aromatic rings. The molecule has 4 rings (SSSR count). The molecule has 8 heteroatoms. The highest BCUT2D eigenvalue weighted by molar-refractivity contribution is 8.00. The minimum atomic E-state index is -0.275. The van der Waals surface area contributed by atoms with E-state index in [2.05, 4.69) is 10.2 Å². The molecule has 0 aliphatic carbocycles. The Bertz CT molecular complexity index is 994. The molecule has 1 aliphatic heterocycles. The Balaban J connectivity index is 1.48. The van der Waals surface area contributed by atoms with Crippen molar-refractivity contribution in [3.05, 3.63) is 71.8 Å². The van der Waals surface area contributed by atoms with Gasteiger partial charge >= 0.3 is 0 Å². The number of benzene rings is 2. The molecule has 1 fully saturated rings. The van der Waals surface area contributed by atoms with Gasteiger partial charge in [-0.1, -0.05) is 48.2 Å². The summed E-state index contributed by atoms with van der Waals surface area (Å²) in [4.78, 5) is 14.6. The summed E-state index contributed by atoms with van der Waals surface area (Å²) >= 11 is 2.94. The molecular weight excluding hydrogens is 395 g/mol. The van der Waals surface area contributed by atoms with Crippen LogP contribution in [0.5, 0.6) is 0 Å². The average Bonchev–Trinajstić information content (AvgIpc) is 3.36. The minimum Gasteiger partial charge on any atom is -0.325 e. The van der Waals surface area contributed by atoms with Crippen LogP contribution < -0.4 is 0 Å². The maximum atomic E-state index is 14.2. The summed E-state index contributed by atoms with van der Waals surface area (Å²) in [6.07, 6.45) is 1.66. The number of halogens is 1. The van der Waals surface area contributed by atoms with Gasteiger partial charge in [0, 0.05) is 17.9 Å². The molecular formula is C20H19FN4OS2. The molecule has 1 aliphatic rings. The highest BCUT2D eigenvalue weighted by Crippen LogP contribution is 2.39. The first-order valence-corrected chi connectivity index (χ1v) is 10.9. The molecule has 1 amide bonds. The van der Waals surface area contributed by atoms with Gasteiger partial charge in [-0.15, -0.1) is 22.0 Å². The molecule has 1 atom stereocenters. The maximum Gasteiger partial charge on any atom is 0.234 e. The number of rotatable bonds is 5. The molecule has 2 heterocycles. The first-order valence-electron chi connectivity index (χ1n) is 8.89. The Kier molecular flexibility index (Phi) is 5.68. The number of hydrogen-bond donors (Lipinski definition) is 0. The first-order chi connectivity index (χ1) is 13.6. The highest BCUT2D eigenvalue weighted by Gasteiger charge is 2.32. The first kappa shape index (κ1) is 19.0. The topological polar surface area (TPSA) is 51.0 Å². The molecule has 5 nitrogen and oxygen atoms in total. The SMILES string of the molecule is Cc1ccccc1-n1cnnc1SCC(=O)N1CCS[C@@H]1c1ccccc1F. The molecule has 0 bridgehead atoms. The van der Waals surface area contributed by atoms with E-state index in [0.717, 1.165) is 17.0 Å². The summed E-state index contributed by atoms with van der Waals surface area (Å²) in [5.74, 6) is 0.736. The van der Waals surface area contributed by atoms with Gasteiger partial charge in [0.1, 0.15) is 17.5 Å². The number of nitrogens with zero attached hydrogens (tertiary/aromatic N) is 4. The fourth-order valence-corrected chi connectivity index (χ4v) is 5.30. The quantitative estimate of drug-likeness (QED) is 0.589.